The molecule has 148 valence electrons. The zero-order valence-electron chi connectivity index (χ0n) is 15.4. The molecule has 1 aromatic rings. The predicted molar refractivity (Wildman–Crippen MR) is 110 cm³/mol. The van der Waals surface area contributed by atoms with E-state index in [1.54, 1.807) is 4.90 Å². The summed E-state index contributed by atoms with van der Waals surface area (Å²) in [7, 11) is 0. The maximum atomic E-state index is 12.8. The number of amides is 1. The molecule has 1 amide bonds. The lowest BCUT2D eigenvalue weighted by atomic mass is 9.94. The van der Waals surface area contributed by atoms with Gasteiger partial charge in [0.1, 0.15) is 6.04 Å². The van der Waals surface area contributed by atoms with Crippen molar-refractivity contribution in [3.05, 3.63) is 29.8 Å². The summed E-state index contributed by atoms with van der Waals surface area (Å²) < 4.78 is 21.5. The van der Waals surface area contributed by atoms with Gasteiger partial charge in [-0.3, -0.25) is 9.35 Å². The Balaban J connectivity index is 1.47. The fourth-order valence-corrected chi connectivity index (χ4v) is 5.11. The maximum Gasteiger partial charge on any atom is 0.246 e. The van der Waals surface area contributed by atoms with Crippen molar-refractivity contribution >= 4 is 35.7 Å². The number of carbonyl (C=O) groups excluding carboxylic acids is 1. The van der Waals surface area contributed by atoms with Gasteiger partial charge >= 0.3 is 0 Å². The normalized spacial score (nSPS) is 26.6. The van der Waals surface area contributed by atoms with Crippen molar-refractivity contribution in [2.75, 3.05) is 31.1 Å². The Bertz CT molecular complexity index is 717. The lowest BCUT2D eigenvalue weighted by Crippen LogP contribution is -2.50. The van der Waals surface area contributed by atoms with Gasteiger partial charge in [-0.1, -0.05) is 24.9 Å². The van der Waals surface area contributed by atoms with Gasteiger partial charge in [-0.2, -0.15) is 0 Å². The molecule has 0 bridgehead atoms. The molecule has 2 heterocycles. The first-order chi connectivity index (χ1) is 13.0. The lowest BCUT2D eigenvalue weighted by Gasteiger charge is -2.34. The van der Waals surface area contributed by atoms with Crippen molar-refractivity contribution in [2.24, 2.45) is 0 Å². The first-order valence-corrected chi connectivity index (χ1v) is 11.2. The molecule has 4 rings (SSSR count). The number of thiol groups is 1. The fourth-order valence-electron chi connectivity index (χ4n) is 4.48. The predicted octanol–water partition coefficient (Wildman–Crippen LogP) is 2.59. The Morgan fingerprint density at radius 1 is 1.15 bits per heavy atom. The summed E-state index contributed by atoms with van der Waals surface area (Å²) in [6.07, 6.45) is 6.44. The SMILES string of the molecule is O=C1C(N(S)S(=O)O)CCCN1c1ccc(C2(CN3CCCC3)CC2)cc1. The Morgan fingerprint density at radius 3 is 2.41 bits per heavy atom. The van der Waals surface area contributed by atoms with Gasteiger partial charge in [-0.25, -0.2) is 4.21 Å². The second kappa shape index (κ2) is 7.83. The molecule has 2 atom stereocenters. The van der Waals surface area contributed by atoms with Gasteiger partial charge in [0.05, 0.1) is 0 Å². The molecule has 2 aliphatic heterocycles. The van der Waals surface area contributed by atoms with Crippen LogP contribution in [0.25, 0.3) is 0 Å². The van der Waals surface area contributed by atoms with E-state index in [-0.39, 0.29) is 5.91 Å². The van der Waals surface area contributed by atoms with Gasteiger partial charge in [0, 0.05) is 24.2 Å². The van der Waals surface area contributed by atoms with Gasteiger partial charge in [-0.15, -0.1) is 3.71 Å². The highest BCUT2D eigenvalue weighted by Gasteiger charge is 2.45. The highest BCUT2D eigenvalue weighted by Crippen LogP contribution is 2.49. The molecular formula is C19H27N3O3S2. The maximum absolute atomic E-state index is 12.8. The Labute approximate surface area is 168 Å². The van der Waals surface area contributed by atoms with Crippen LogP contribution >= 0.6 is 12.8 Å². The van der Waals surface area contributed by atoms with E-state index in [0.29, 0.717) is 18.4 Å². The fraction of sp³-hybridized carbons (Fsp3) is 0.632. The highest BCUT2D eigenvalue weighted by atomic mass is 32.2. The molecule has 3 aliphatic rings. The number of likely N-dealkylation sites (tertiary alicyclic amines) is 1. The van der Waals surface area contributed by atoms with Gasteiger partial charge in [0.15, 0.2) is 0 Å². The monoisotopic (exact) mass is 409 g/mol. The first kappa shape index (κ1) is 19.4. The number of piperidine rings is 1. The Morgan fingerprint density at radius 2 is 1.81 bits per heavy atom. The number of nitrogens with zero attached hydrogens (tertiary/aromatic N) is 3. The number of benzene rings is 1. The van der Waals surface area contributed by atoms with E-state index in [2.05, 4.69) is 29.8 Å². The molecule has 3 fully saturated rings. The smallest absolute Gasteiger partial charge is 0.246 e. The van der Waals surface area contributed by atoms with Crippen molar-refractivity contribution in [1.29, 1.82) is 0 Å². The van der Waals surface area contributed by atoms with Crippen LogP contribution in [0.5, 0.6) is 0 Å². The minimum atomic E-state index is -2.26. The molecule has 1 saturated carbocycles. The molecule has 1 N–H and O–H groups in total. The molecule has 1 aliphatic carbocycles. The van der Waals surface area contributed by atoms with E-state index in [1.165, 1.54) is 44.3 Å². The van der Waals surface area contributed by atoms with Crippen LogP contribution in [0.1, 0.15) is 44.1 Å². The van der Waals surface area contributed by atoms with Crippen molar-refractivity contribution in [1.82, 2.24) is 8.61 Å². The van der Waals surface area contributed by atoms with Gasteiger partial charge in [0.2, 0.25) is 17.2 Å². The van der Waals surface area contributed by atoms with Crippen molar-refractivity contribution < 1.29 is 13.6 Å². The second-order valence-corrected chi connectivity index (χ2v) is 9.55. The summed E-state index contributed by atoms with van der Waals surface area (Å²) in [5.74, 6) is -0.162. The molecule has 2 saturated heterocycles. The second-order valence-electron chi connectivity index (χ2n) is 7.99. The number of hydrogen-bond donors (Lipinski definition) is 2. The summed E-state index contributed by atoms with van der Waals surface area (Å²) >= 11 is 1.76. The van der Waals surface area contributed by atoms with Crippen LogP contribution in [0, 0.1) is 0 Å². The minimum absolute atomic E-state index is 0.162. The quantitative estimate of drug-likeness (QED) is 0.560. The zero-order chi connectivity index (χ0) is 19.0. The van der Waals surface area contributed by atoms with E-state index in [0.717, 1.165) is 22.4 Å². The average Bonchev–Trinajstić information content (AvgIpc) is 3.27. The van der Waals surface area contributed by atoms with Crippen molar-refractivity contribution in [3.63, 3.8) is 0 Å². The molecule has 1 aromatic carbocycles. The molecule has 0 spiro atoms. The summed E-state index contributed by atoms with van der Waals surface area (Å²) in [5, 5.41) is 0. The highest BCUT2D eigenvalue weighted by molar-refractivity contribution is 7.93. The van der Waals surface area contributed by atoms with Crippen LogP contribution in [0.4, 0.5) is 5.69 Å². The molecule has 2 unspecified atom stereocenters. The molecular weight excluding hydrogens is 382 g/mol. The third kappa shape index (κ3) is 3.96. The number of hydrogen-bond acceptors (Lipinski definition) is 4. The van der Waals surface area contributed by atoms with E-state index in [4.69, 9.17) is 0 Å². The third-order valence-corrected chi connectivity index (χ3v) is 7.48. The third-order valence-electron chi connectivity index (χ3n) is 6.21. The molecule has 27 heavy (non-hydrogen) atoms. The number of anilines is 1. The summed E-state index contributed by atoms with van der Waals surface area (Å²) in [6.45, 7) is 4.22. The number of rotatable bonds is 6. The van der Waals surface area contributed by atoms with E-state index in [9.17, 15) is 13.6 Å². The molecule has 8 heteroatoms. The standard InChI is InChI=1S/C19H27N3O3S2/c23-18-17(22(26)27(24)25)4-3-13-21(18)16-7-5-15(6-8-16)19(9-10-19)14-20-11-1-2-12-20/h5-8,17,26H,1-4,9-14H2,(H,24,25). The zero-order valence-corrected chi connectivity index (χ0v) is 17.1. The van der Waals surface area contributed by atoms with Crippen molar-refractivity contribution in [2.45, 2.75) is 50.0 Å². The van der Waals surface area contributed by atoms with Gasteiger partial charge in [0.25, 0.3) is 0 Å². The Kier molecular flexibility index (Phi) is 5.62. The Hall–Kier alpha value is -0.930. The summed E-state index contributed by atoms with van der Waals surface area (Å²) in [4.78, 5) is 17.1. The molecule has 0 radical (unpaired) electrons. The molecule has 6 nitrogen and oxygen atoms in total. The van der Waals surface area contributed by atoms with Crippen LogP contribution in [0.2, 0.25) is 0 Å². The first-order valence-electron chi connectivity index (χ1n) is 9.74. The summed E-state index contributed by atoms with van der Waals surface area (Å²) in [6, 6.07) is 7.71. The van der Waals surface area contributed by atoms with E-state index >= 15 is 0 Å². The lowest BCUT2D eigenvalue weighted by molar-refractivity contribution is -0.122. The van der Waals surface area contributed by atoms with E-state index in [1.807, 2.05) is 12.1 Å². The van der Waals surface area contributed by atoms with Crippen LogP contribution in [-0.4, -0.2) is 55.5 Å². The topological polar surface area (TPSA) is 64.1 Å². The average molecular weight is 410 g/mol. The van der Waals surface area contributed by atoms with E-state index < -0.39 is 17.3 Å². The van der Waals surface area contributed by atoms with Gasteiger partial charge < -0.3 is 9.80 Å². The van der Waals surface area contributed by atoms with Crippen LogP contribution in [0.3, 0.4) is 0 Å². The van der Waals surface area contributed by atoms with Crippen molar-refractivity contribution in [3.8, 4) is 0 Å². The molecule has 0 aromatic heterocycles. The van der Waals surface area contributed by atoms with Crippen LogP contribution in [-0.2, 0) is 21.5 Å². The van der Waals surface area contributed by atoms with Crippen LogP contribution in [0.15, 0.2) is 24.3 Å². The van der Waals surface area contributed by atoms with Crippen LogP contribution < -0.4 is 4.90 Å². The number of carbonyl (C=O) groups is 1. The largest absolute Gasteiger partial charge is 0.311 e. The van der Waals surface area contributed by atoms with Gasteiger partial charge in [-0.05, 0) is 69.3 Å². The minimum Gasteiger partial charge on any atom is -0.311 e. The summed E-state index contributed by atoms with van der Waals surface area (Å²) in [5.41, 5.74) is 2.52.